The fourth-order valence-corrected chi connectivity index (χ4v) is 5.04. The van der Waals surface area contributed by atoms with E-state index in [0.717, 1.165) is 49.1 Å². The van der Waals surface area contributed by atoms with Crippen LogP contribution in [-0.4, -0.2) is 17.9 Å². The molecule has 1 unspecified atom stereocenters. The van der Waals surface area contributed by atoms with E-state index in [0.29, 0.717) is 22.6 Å². The van der Waals surface area contributed by atoms with E-state index in [1.165, 1.54) is 0 Å². The third-order valence-electron chi connectivity index (χ3n) is 6.24. The monoisotopic (exact) mass is 413 g/mol. The van der Waals surface area contributed by atoms with Gasteiger partial charge in [0.25, 0.3) is 0 Å². The van der Waals surface area contributed by atoms with Crippen LogP contribution in [0.5, 0.6) is 0 Å². The third-order valence-corrected chi connectivity index (χ3v) is 6.49. The first-order chi connectivity index (χ1) is 13.7. The van der Waals surface area contributed by atoms with Crippen molar-refractivity contribution in [3.63, 3.8) is 0 Å². The maximum atomic E-state index is 13.2. The summed E-state index contributed by atoms with van der Waals surface area (Å²) in [5, 5.41) is 4.01. The van der Waals surface area contributed by atoms with Crippen molar-refractivity contribution in [3.8, 4) is 0 Å². The van der Waals surface area contributed by atoms with Crippen LogP contribution in [0.4, 0.5) is 0 Å². The summed E-state index contributed by atoms with van der Waals surface area (Å²) in [6.45, 7) is 6.12. The standard InChI is InChI=1S/C24H28ClNO3/c1-14-20(23(28)29-17-6-4-5-7-17)21(15-8-10-16(25)11-9-15)22-18(26-14)12-24(2,3)13-19(22)27/h8-11,17,21,26H,4-7,12-13H2,1-3H3. The Kier molecular flexibility index (Phi) is 5.32. The molecule has 4 rings (SSSR count). The van der Waals surface area contributed by atoms with Crippen LogP contribution >= 0.6 is 11.6 Å². The molecule has 3 aliphatic rings. The second-order valence-corrected chi connectivity index (χ2v) is 9.73. The Morgan fingerprint density at radius 2 is 1.79 bits per heavy atom. The lowest BCUT2D eigenvalue weighted by atomic mass is 9.68. The average Bonchev–Trinajstić information content (AvgIpc) is 3.13. The molecule has 5 heteroatoms. The molecule has 1 saturated carbocycles. The summed E-state index contributed by atoms with van der Waals surface area (Å²) in [5.74, 6) is -0.630. The highest BCUT2D eigenvalue weighted by Crippen LogP contribution is 2.47. The van der Waals surface area contributed by atoms with Crippen molar-refractivity contribution in [1.29, 1.82) is 0 Å². The fraction of sp³-hybridized carbons (Fsp3) is 0.500. The van der Waals surface area contributed by atoms with E-state index >= 15 is 0 Å². The van der Waals surface area contributed by atoms with Crippen molar-refractivity contribution in [3.05, 3.63) is 57.4 Å². The Bertz CT molecular complexity index is 905. The zero-order valence-electron chi connectivity index (χ0n) is 17.3. The Morgan fingerprint density at radius 3 is 2.45 bits per heavy atom. The van der Waals surface area contributed by atoms with Gasteiger partial charge in [0.05, 0.1) is 5.57 Å². The summed E-state index contributed by atoms with van der Waals surface area (Å²) in [5.41, 5.74) is 3.75. The van der Waals surface area contributed by atoms with Crippen LogP contribution in [0.1, 0.15) is 70.8 Å². The number of allylic oxidation sites excluding steroid dienone is 3. The van der Waals surface area contributed by atoms with Crippen LogP contribution < -0.4 is 5.32 Å². The molecule has 1 aromatic carbocycles. The van der Waals surface area contributed by atoms with Crippen molar-refractivity contribution in [2.24, 2.45) is 5.41 Å². The topological polar surface area (TPSA) is 55.4 Å². The number of esters is 1. The molecule has 0 saturated heterocycles. The Balaban J connectivity index is 1.78. The van der Waals surface area contributed by atoms with Gasteiger partial charge in [0.1, 0.15) is 6.10 Å². The Hall–Kier alpha value is -2.07. The molecule has 1 atom stereocenters. The molecular weight excluding hydrogens is 386 g/mol. The van der Waals surface area contributed by atoms with Gasteiger partial charge in [-0.05, 0) is 62.1 Å². The minimum absolute atomic E-state index is 0.0231. The number of nitrogens with one attached hydrogen (secondary N) is 1. The molecular formula is C24H28ClNO3. The number of ketones is 1. The molecule has 2 aliphatic carbocycles. The first-order valence-electron chi connectivity index (χ1n) is 10.5. The molecule has 0 spiro atoms. The summed E-state index contributed by atoms with van der Waals surface area (Å²) in [6, 6.07) is 7.44. The normalized spacial score (nSPS) is 24.4. The average molecular weight is 414 g/mol. The summed E-state index contributed by atoms with van der Waals surface area (Å²) >= 11 is 6.10. The molecule has 0 aromatic heterocycles. The van der Waals surface area contributed by atoms with Crippen molar-refractivity contribution in [2.75, 3.05) is 0 Å². The second kappa shape index (κ2) is 7.64. The van der Waals surface area contributed by atoms with E-state index in [1.54, 1.807) is 0 Å². The number of carbonyl (C=O) groups is 2. The summed E-state index contributed by atoms with van der Waals surface area (Å²) in [6.07, 6.45) is 5.25. The van der Waals surface area contributed by atoms with Crippen LogP contribution in [-0.2, 0) is 14.3 Å². The lowest BCUT2D eigenvalue weighted by Crippen LogP contribution is -2.39. The van der Waals surface area contributed by atoms with Gasteiger partial charge < -0.3 is 10.1 Å². The molecule has 4 nitrogen and oxygen atoms in total. The van der Waals surface area contributed by atoms with Crippen LogP contribution in [0.25, 0.3) is 0 Å². The van der Waals surface area contributed by atoms with Gasteiger partial charge in [-0.3, -0.25) is 4.79 Å². The lowest BCUT2D eigenvalue weighted by Gasteiger charge is -2.39. The summed E-state index contributed by atoms with van der Waals surface area (Å²) < 4.78 is 5.86. The van der Waals surface area contributed by atoms with Gasteiger partial charge in [-0.1, -0.05) is 37.6 Å². The highest BCUT2D eigenvalue weighted by atomic mass is 35.5. The third kappa shape index (κ3) is 4.00. The Labute approximate surface area is 177 Å². The van der Waals surface area contributed by atoms with Crippen molar-refractivity contribution in [1.82, 2.24) is 5.32 Å². The van der Waals surface area contributed by atoms with Gasteiger partial charge in [0, 0.05) is 34.3 Å². The summed E-state index contributed by atoms with van der Waals surface area (Å²) in [4.78, 5) is 26.5. The Morgan fingerprint density at radius 1 is 1.14 bits per heavy atom. The van der Waals surface area contributed by atoms with Gasteiger partial charge >= 0.3 is 5.97 Å². The van der Waals surface area contributed by atoms with E-state index in [1.807, 2.05) is 31.2 Å². The van der Waals surface area contributed by atoms with Gasteiger partial charge in [-0.2, -0.15) is 0 Å². The minimum Gasteiger partial charge on any atom is -0.459 e. The maximum absolute atomic E-state index is 13.2. The number of ether oxygens (including phenoxy) is 1. The molecule has 0 bridgehead atoms. The van der Waals surface area contributed by atoms with Crippen LogP contribution in [0, 0.1) is 5.41 Å². The fourth-order valence-electron chi connectivity index (χ4n) is 4.92. The predicted octanol–water partition coefficient (Wildman–Crippen LogP) is 5.43. The maximum Gasteiger partial charge on any atom is 0.337 e. The smallest absolute Gasteiger partial charge is 0.337 e. The van der Waals surface area contributed by atoms with E-state index in [4.69, 9.17) is 16.3 Å². The first-order valence-corrected chi connectivity index (χ1v) is 10.8. The van der Waals surface area contributed by atoms with Gasteiger partial charge in [-0.15, -0.1) is 0 Å². The zero-order chi connectivity index (χ0) is 20.8. The number of hydrogen-bond acceptors (Lipinski definition) is 4. The number of hydrogen-bond donors (Lipinski definition) is 1. The van der Waals surface area contributed by atoms with E-state index in [9.17, 15) is 9.59 Å². The number of rotatable bonds is 3. The summed E-state index contributed by atoms with van der Waals surface area (Å²) in [7, 11) is 0. The van der Waals surface area contributed by atoms with E-state index in [2.05, 4.69) is 19.2 Å². The SMILES string of the molecule is CC1=C(C(=O)OC2CCCC2)C(c2ccc(Cl)cc2)C2=C(CC(C)(C)CC2=O)N1. The van der Waals surface area contributed by atoms with Crippen molar-refractivity contribution >= 4 is 23.4 Å². The number of carbonyl (C=O) groups excluding carboxylic acids is 2. The molecule has 0 amide bonds. The molecule has 1 aromatic rings. The number of halogens is 1. The van der Waals surface area contributed by atoms with E-state index < -0.39 is 5.92 Å². The van der Waals surface area contributed by atoms with Crippen molar-refractivity contribution in [2.45, 2.75) is 71.3 Å². The molecule has 1 aliphatic heterocycles. The second-order valence-electron chi connectivity index (χ2n) is 9.29. The van der Waals surface area contributed by atoms with Crippen LogP contribution in [0.3, 0.4) is 0 Å². The van der Waals surface area contributed by atoms with E-state index in [-0.39, 0.29) is 23.3 Å². The number of dihydropyridines is 1. The minimum atomic E-state index is -0.416. The van der Waals surface area contributed by atoms with Crippen LogP contribution in [0.15, 0.2) is 46.8 Å². The molecule has 1 N–H and O–H groups in total. The molecule has 29 heavy (non-hydrogen) atoms. The molecule has 154 valence electrons. The largest absolute Gasteiger partial charge is 0.459 e. The highest BCUT2D eigenvalue weighted by molar-refractivity contribution is 6.30. The first kappa shape index (κ1) is 20.2. The molecule has 1 heterocycles. The predicted molar refractivity (Wildman–Crippen MR) is 113 cm³/mol. The molecule has 0 radical (unpaired) electrons. The van der Waals surface area contributed by atoms with Crippen LogP contribution in [0.2, 0.25) is 5.02 Å². The van der Waals surface area contributed by atoms with Crippen molar-refractivity contribution < 1.29 is 14.3 Å². The highest BCUT2D eigenvalue weighted by Gasteiger charge is 2.43. The zero-order valence-corrected chi connectivity index (χ0v) is 18.1. The van der Waals surface area contributed by atoms with Gasteiger partial charge in [0.2, 0.25) is 0 Å². The molecule has 1 fully saturated rings. The quantitative estimate of drug-likeness (QED) is 0.671. The van der Waals surface area contributed by atoms with Gasteiger partial charge in [0.15, 0.2) is 5.78 Å². The number of Topliss-reactive ketones (excluding diaryl/α,β-unsaturated/α-hetero) is 1. The lowest BCUT2D eigenvalue weighted by molar-refractivity contribution is -0.144. The number of benzene rings is 1. The van der Waals surface area contributed by atoms with Gasteiger partial charge in [-0.25, -0.2) is 4.79 Å².